The second-order valence-electron chi connectivity index (χ2n) is 5.27. The Morgan fingerprint density at radius 2 is 2.00 bits per heavy atom. The predicted molar refractivity (Wildman–Crippen MR) is 98.3 cm³/mol. The highest BCUT2D eigenvalue weighted by Gasteiger charge is 2.12. The SMILES string of the molecule is O=C(Nc1cccc(Oc2cnccn2)c1)c1csc2ccccc12. The number of carbonyl (C=O) groups excluding carboxylic acids is 1. The lowest BCUT2D eigenvalue weighted by Crippen LogP contribution is -2.11. The first-order valence-electron chi connectivity index (χ1n) is 7.61. The smallest absolute Gasteiger partial charge is 0.257 e. The first-order valence-corrected chi connectivity index (χ1v) is 8.49. The van der Waals surface area contributed by atoms with Crippen LogP contribution in [0.4, 0.5) is 5.69 Å². The Hall–Kier alpha value is -3.25. The number of benzene rings is 2. The quantitative estimate of drug-likeness (QED) is 0.579. The molecule has 0 spiro atoms. The second-order valence-corrected chi connectivity index (χ2v) is 6.18. The third kappa shape index (κ3) is 3.34. The number of anilines is 1. The third-order valence-corrected chi connectivity index (χ3v) is 4.54. The highest BCUT2D eigenvalue weighted by atomic mass is 32.1. The number of nitrogens with one attached hydrogen (secondary N) is 1. The number of nitrogens with zero attached hydrogens (tertiary/aromatic N) is 2. The van der Waals surface area contributed by atoms with E-state index in [1.54, 1.807) is 35.9 Å². The van der Waals surface area contributed by atoms with E-state index in [1.807, 2.05) is 41.8 Å². The van der Waals surface area contributed by atoms with Gasteiger partial charge in [0.1, 0.15) is 5.75 Å². The number of rotatable bonds is 4. The molecule has 4 aromatic rings. The molecule has 2 heterocycles. The molecule has 0 saturated carbocycles. The maximum absolute atomic E-state index is 12.6. The Morgan fingerprint density at radius 1 is 1.08 bits per heavy atom. The van der Waals surface area contributed by atoms with Gasteiger partial charge in [-0.3, -0.25) is 9.78 Å². The van der Waals surface area contributed by atoms with E-state index in [9.17, 15) is 4.79 Å². The molecule has 2 aromatic carbocycles. The van der Waals surface area contributed by atoms with Crippen molar-refractivity contribution in [1.29, 1.82) is 0 Å². The number of aromatic nitrogens is 2. The van der Waals surface area contributed by atoms with Crippen LogP contribution in [0.2, 0.25) is 0 Å². The molecule has 0 saturated heterocycles. The Kier molecular flexibility index (Phi) is 4.10. The van der Waals surface area contributed by atoms with Gasteiger partial charge in [-0.15, -0.1) is 11.3 Å². The van der Waals surface area contributed by atoms with Gasteiger partial charge in [0.2, 0.25) is 5.88 Å². The van der Waals surface area contributed by atoms with Crippen LogP contribution in [-0.4, -0.2) is 15.9 Å². The lowest BCUT2D eigenvalue weighted by molar-refractivity contribution is 0.102. The van der Waals surface area contributed by atoms with Crippen LogP contribution >= 0.6 is 11.3 Å². The fourth-order valence-electron chi connectivity index (χ4n) is 2.45. The van der Waals surface area contributed by atoms with Crippen LogP contribution < -0.4 is 10.1 Å². The zero-order valence-electron chi connectivity index (χ0n) is 13.0. The predicted octanol–water partition coefficient (Wildman–Crippen LogP) is 4.74. The van der Waals surface area contributed by atoms with Gasteiger partial charge >= 0.3 is 0 Å². The average molecular weight is 347 g/mol. The van der Waals surface area contributed by atoms with Crippen molar-refractivity contribution in [3.05, 3.63) is 78.1 Å². The number of fused-ring (bicyclic) bond motifs is 1. The van der Waals surface area contributed by atoms with E-state index in [2.05, 4.69) is 15.3 Å². The van der Waals surface area contributed by atoms with Gasteiger partial charge in [-0.25, -0.2) is 4.98 Å². The molecule has 4 rings (SSSR count). The van der Waals surface area contributed by atoms with E-state index in [0.717, 1.165) is 10.1 Å². The topological polar surface area (TPSA) is 64.1 Å². The lowest BCUT2D eigenvalue weighted by Gasteiger charge is -2.08. The summed E-state index contributed by atoms with van der Waals surface area (Å²) in [6.07, 6.45) is 4.67. The molecule has 0 unspecified atom stereocenters. The van der Waals surface area contributed by atoms with Crippen molar-refractivity contribution in [2.45, 2.75) is 0 Å². The number of hydrogen-bond acceptors (Lipinski definition) is 5. The van der Waals surface area contributed by atoms with Crippen LogP contribution in [0.3, 0.4) is 0 Å². The summed E-state index contributed by atoms with van der Waals surface area (Å²) in [6, 6.07) is 15.0. The van der Waals surface area contributed by atoms with Gasteiger partial charge in [0.25, 0.3) is 5.91 Å². The highest BCUT2D eigenvalue weighted by Crippen LogP contribution is 2.27. The maximum Gasteiger partial charge on any atom is 0.257 e. The number of thiophene rings is 1. The van der Waals surface area contributed by atoms with Gasteiger partial charge < -0.3 is 10.1 Å². The monoisotopic (exact) mass is 347 g/mol. The molecular formula is C19H13N3O2S. The first-order chi connectivity index (χ1) is 12.3. The standard InChI is InChI=1S/C19H13N3O2S/c23-19(16-12-25-17-7-2-1-6-15(16)17)22-13-4-3-5-14(10-13)24-18-11-20-8-9-21-18/h1-12H,(H,22,23). The van der Waals surface area contributed by atoms with E-state index in [0.29, 0.717) is 22.9 Å². The molecule has 0 fully saturated rings. The third-order valence-electron chi connectivity index (χ3n) is 3.58. The van der Waals surface area contributed by atoms with Gasteiger partial charge in [-0.05, 0) is 18.2 Å². The molecule has 0 atom stereocenters. The fourth-order valence-corrected chi connectivity index (χ4v) is 3.39. The molecule has 6 heteroatoms. The summed E-state index contributed by atoms with van der Waals surface area (Å²) in [7, 11) is 0. The highest BCUT2D eigenvalue weighted by molar-refractivity contribution is 7.17. The molecule has 0 aliphatic carbocycles. The zero-order valence-corrected chi connectivity index (χ0v) is 13.9. The summed E-state index contributed by atoms with van der Waals surface area (Å²) < 4.78 is 6.73. The van der Waals surface area contributed by atoms with Crippen LogP contribution in [-0.2, 0) is 0 Å². The molecule has 0 aliphatic rings. The Morgan fingerprint density at radius 3 is 2.88 bits per heavy atom. The average Bonchev–Trinajstić information content (AvgIpc) is 3.07. The van der Waals surface area contributed by atoms with Crippen molar-refractivity contribution in [3.63, 3.8) is 0 Å². The van der Waals surface area contributed by atoms with Gasteiger partial charge in [0.15, 0.2) is 0 Å². The Balaban J connectivity index is 1.54. The van der Waals surface area contributed by atoms with E-state index >= 15 is 0 Å². The van der Waals surface area contributed by atoms with Gasteiger partial charge in [-0.1, -0.05) is 24.3 Å². The minimum absolute atomic E-state index is 0.144. The fraction of sp³-hybridized carbons (Fsp3) is 0. The molecule has 0 radical (unpaired) electrons. The number of hydrogen-bond donors (Lipinski definition) is 1. The second kappa shape index (κ2) is 6.70. The summed E-state index contributed by atoms with van der Waals surface area (Å²) in [5.74, 6) is 0.831. The van der Waals surface area contributed by atoms with E-state index < -0.39 is 0 Å². The molecule has 5 nitrogen and oxygen atoms in total. The van der Waals surface area contributed by atoms with Crippen molar-refractivity contribution >= 4 is 33.0 Å². The van der Waals surface area contributed by atoms with Gasteiger partial charge in [-0.2, -0.15) is 0 Å². The molecule has 1 amide bonds. The maximum atomic E-state index is 12.6. The van der Waals surface area contributed by atoms with Crippen molar-refractivity contribution in [2.75, 3.05) is 5.32 Å². The summed E-state index contributed by atoms with van der Waals surface area (Å²) in [5.41, 5.74) is 1.32. The van der Waals surface area contributed by atoms with Crippen molar-refractivity contribution < 1.29 is 9.53 Å². The van der Waals surface area contributed by atoms with E-state index in [4.69, 9.17) is 4.74 Å². The number of amides is 1. The van der Waals surface area contributed by atoms with Crippen molar-refractivity contribution in [2.24, 2.45) is 0 Å². The summed E-state index contributed by atoms with van der Waals surface area (Å²) in [5, 5.41) is 5.74. The van der Waals surface area contributed by atoms with Crippen LogP contribution in [0.25, 0.3) is 10.1 Å². The first kappa shape index (κ1) is 15.3. The molecular weight excluding hydrogens is 334 g/mol. The van der Waals surface area contributed by atoms with Gasteiger partial charge in [0.05, 0.1) is 11.8 Å². The lowest BCUT2D eigenvalue weighted by atomic mass is 10.1. The van der Waals surface area contributed by atoms with Crippen LogP contribution in [0, 0.1) is 0 Å². The van der Waals surface area contributed by atoms with Crippen molar-refractivity contribution in [1.82, 2.24) is 9.97 Å². The normalized spacial score (nSPS) is 10.6. The summed E-state index contributed by atoms with van der Waals surface area (Å²) in [6.45, 7) is 0. The molecule has 0 aliphatic heterocycles. The largest absolute Gasteiger partial charge is 0.437 e. The Bertz CT molecular complexity index is 1030. The minimum Gasteiger partial charge on any atom is -0.437 e. The van der Waals surface area contributed by atoms with Crippen molar-refractivity contribution in [3.8, 4) is 11.6 Å². The van der Waals surface area contributed by atoms with E-state index in [-0.39, 0.29) is 5.91 Å². The van der Waals surface area contributed by atoms with E-state index in [1.165, 1.54) is 6.20 Å². The molecule has 2 aromatic heterocycles. The van der Waals surface area contributed by atoms with Gasteiger partial charge in [0, 0.05) is 39.6 Å². The summed E-state index contributed by atoms with van der Waals surface area (Å²) in [4.78, 5) is 20.6. The van der Waals surface area contributed by atoms with Crippen LogP contribution in [0.5, 0.6) is 11.6 Å². The summed E-state index contributed by atoms with van der Waals surface area (Å²) >= 11 is 1.56. The van der Waals surface area contributed by atoms with Crippen LogP contribution in [0.1, 0.15) is 10.4 Å². The molecule has 25 heavy (non-hydrogen) atoms. The number of carbonyl (C=O) groups is 1. The van der Waals surface area contributed by atoms with Crippen LogP contribution in [0.15, 0.2) is 72.5 Å². The minimum atomic E-state index is -0.144. The molecule has 0 bridgehead atoms. The number of ether oxygens (including phenoxy) is 1. The zero-order chi connectivity index (χ0) is 17.1. The molecule has 122 valence electrons. The molecule has 1 N–H and O–H groups in total. The Labute approximate surface area is 147 Å².